The first-order chi connectivity index (χ1) is 29.8. The highest BCUT2D eigenvalue weighted by Crippen LogP contribution is 2.42. The maximum absolute atomic E-state index is 17.0. The van der Waals surface area contributed by atoms with Crippen molar-refractivity contribution in [1.29, 1.82) is 0 Å². The molecule has 0 bridgehead atoms. The van der Waals surface area contributed by atoms with Crippen molar-refractivity contribution in [2.45, 2.75) is 25.3 Å². The highest BCUT2D eigenvalue weighted by molar-refractivity contribution is 6.35. The van der Waals surface area contributed by atoms with Crippen molar-refractivity contribution < 1.29 is 38.3 Å². The van der Waals surface area contributed by atoms with Gasteiger partial charge >= 0.3 is 0 Å². The highest BCUT2D eigenvalue weighted by Gasteiger charge is 2.45. The molecule has 2 fully saturated rings. The zero-order chi connectivity index (χ0) is 43.8. The third-order valence-electron chi connectivity index (χ3n) is 11.3. The van der Waals surface area contributed by atoms with Gasteiger partial charge in [0.1, 0.15) is 23.1 Å². The van der Waals surface area contributed by atoms with E-state index in [0.717, 1.165) is 4.90 Å². The number of amides is 6. The normalized spacial score (nSPS) is 16.4. The standard InChI is InChI=1S/C44H41ClFN9O7/c1-3-34(58)53-17-19-54(20-18-53)40-29-23-30(45)36(28-22-25(56)21-24-7-4-5-8-26(24)28)38(46)39(29)50-44(51-40)48-14-13-35(59)52(2)16-15-47-31-10-6-9-27-37(31)43(62)55(42(27)61)32-11-12-33(57)49-41(32)60/h3-10,21-23,32,47,56H,1,11-20H2,2H3,(H,48,50,51)(H,49,57,60). The Kier molecular flexibility index (Phi) is 11.5. The number of hydrogen-bond donors (Lipinski definition) is 4. The number of imide groups is 2. The number of nitrogens with one attached hydrogen (secondary N) is 3. The van der Waals surface area contributed by atoms with E-state index < -0.39 is 35.5 Å². The molecule has 1 unspecified atom stereocenters. The number of nitrogens with zero attached hydrogens (tertiary/aromatic N) is 6. The van der Waals surface area contributed by atoms with Crippen LogP contribution in [0.1, 0.15) is 40.0 Å². The summed E-state index contributed by atoms with van der Waals surface area (Å²) >= 11 is 6.85. The molecule has 4 N–H and O–H groups in total. The van der Waals surface area contributed by atoms with Crippen LogP contribution in [-0.4, -0.2) is 124 Å². The van der Waals surface area contributed by atoms with Crippen LogP contribution in [0.2, 0.25) is 5.02 Å². The molecule has 3 aliphatic rings. The van der Waals surface area contributed by atoms with Crippen LogP contribution in [0.25, 0.3) is 32.8 Å². The number of carbonyl (C=O) groups is 6. The fraction of sp³-hybridized carbons (Fsp3) is 0.273. The topological polar surface area (TPSA) is 197 Å². The summed E-state index contributed by atoms with van der Waals surface area (Å²) in [7, 11) is 1.62. The summed E-state index contributed by atoms with van der Waals surface area (Å²) in [6.45, 7) is 5.62. The van der Waals surface area contributed by atoms with Crippen molar-refractivity contribution >= 4 is 86.2 Å². The average Bonchev–Trinajstić information content (AvgIpc) is 3.52. The first-order valence-corrected chi connectivity index (χ1v) is 20.4. The molecule has 8 rings (SSSR count). The fourth-order valence-corrected chi connectivity index (χ4v) is 8.43. The molecule has 4 heterocycles. The minimum atomic E-state index is -1.09. The Balaban J connectivity index is 0.974. The van der Waals surface area contributed by atoms with Gasteiger partial charge in [0.05, 0.1) is 16.1 Å². The number of fused-ring (bicyclic) bond motifs is 3. The van der Waals surface area contributed by atoms with Crippen LogP contribution in [0.15, 0.2) is 73.3 Å². The first kappa shape index (κ1) is 41.6. The van der Waals surface area contributed by atoms with Gasteiger partial charge < -0.3 is 30.4 Å². The monoisotopic (exact) mass is 861 g/mol. The van der Waals surface area contributed by atoms with E-state index in [1.165, 1.54) is 23.1 Å². The summed E-state index contributed by atoms with van der Waals surface area (Å²) < 4.78 is 17.0. The van der Waals surface area contributed by atoms with Crippen LogP contribution in [0.3, 0.4) is 0 Å². The summed E-state index contributed by atoms with van der Waals surface area (Å²) in [4.78, 5) is 91.8. The van der Waals surface area contributed by atoms with E-state index in [0.29, 0.717) is 59.4 Å². The van der Waals surface area contributed by atoms with Gasteiger partial charge in [-0.2, -0.15) is 4.98 Å². The number of anilines is 3. The Morgan fingerprint density at radius 1 is 0.952 bits per heavy atom. The molecule has 0 aliphatic carbocycles. The van der Waals surface area contributed by atoms with Crippen LogP contribution in [0.4, 0.5) is 21.8 Å². The number of piperidine rings is 1. The van der Waals surface area contributed by atoms with Gasteiger partial charge in [0, 0.05) is 82.3 Å². The number of phenolic OH excluding ortho intramolecular Hbond substituents is 1. The lowest BCUT2D eigenvalue weighted by Crippen LogP contribution is -2.54. The third kappa shape index (κ3) is 7.82. The zero-order valence-electron chi connectivity index (χ0n) is 33.5. The molecule has 3 aliphatic heterocycles. The predicted molar refractivity (Wildman–Crippen MR) is 230 cm³/mol. The second-order valence-corrected chi connectivity index (χ2v) is 15.5. The van der Waals surface area contributed by atoms with Crippen molar-refractivity contribution in [3.63, 3.8) is 0 Å². The van der Waals surface area contributed by atoms with Crippen LogP contribution < -0.4 is 20.9 Å². The van der Waals surface area contributed by atoms with E-state index in [4.69, 9.17) is 16.6 Å². The van der Waals surface area contributed by atoms with Gasteiger partial charge in [-0.1, -0.05) is 48.5 Å². The van der Waals surface area contributed by atoms with E-state index in [2.05, 4.69) is 27.5 Å². The minimum Gasteiger partial charge on any atom is -0.508 e. The lowest BCUT2D eigenvalue weighted by atomic mass is 9.96. The van der Waals surface area contributed by atoms with Gasteiger partial charge in [-0.3, -0.25) is 39.0 Å². The molecule has 2 saturated heterocycles. The fourth-order valence-electron chi connectivity index (χ4n) is 8.13. The molecule has 18 heteroatoms. The van der Waals surface area contributed by atoms with Crippen molar-refractivity contribution in [2.75, 3.05) is 68.4 Å². The molecular formula is C44H41ClFN9O7. The third-order valence-corrected chi connectivity index (χ3v) is 11.6. The van der Waals surface area contributed by atoms with E-state index in [1.54, 1.807) is 42.3 Å². The summed E-state index contributed by atoms with van der Waals surface area (Å²) in [5.74, 6) is -3.21. The van der Waals surface area contributed by atoms with E-state index in [9.17, 15) is 33.9 Å². The molecule has 1 atom stereocenters. The van der Waals surface area contributed by atoms with Crippen molar-refractivity contribution in [1.82, 2.24) is 30.0 Å². The van der Waals surface area contributed by atoms with Crippen molar-refractivity contribution in [2.24, 2.45) is 0 Å². The molecular weight excluding hydrogens is 821 g/mol. The summed E-state index contributed by atoms with van der Waals surface area (Å²) in [6, 6.07) is 15.5. The number of piperazine rings is 1. The average molecular weight is 862 g/mol. The van der Waals surface area contributed by atoms with Gasteiger partial charge in [0.25, 0.3) is 11.8 Å². The Bertz CT molecular complexity index is 2720. The van der Waals surface area contributed by atoms with E-state index in [1.807, 2.05) is 23.1 Å². The van der Waals surface area contributed by atoms with Crippen LogP contribution in [0, 0.1) is 5.82 Å². The molecule has 5 aromatic rings. The highest BCUT2D eigenvalue weighted by atomic mass is 35.5. The number of phenols is 1. The molecule has 6 amide bonds. The van der Waals surface area contributed by atoms with Crippen LogP contribution in [-0.2, 0) is 19.2 Å². The number of halogens is 2. The van der Waals surface area contributed by atoms with Crippen LogP contribution in [0.5, 0.6) is 5.75 Å². The van der Waals surface area contributed by atoms with Gasteiger partial charge in [-0.15, -0.1) is 0 Å². The smallest absolute Gasteiger partial charge is 0.264 e. The van der Waals surface area contributed by atoms with Gasteiger partial charge in [0.15, 0.2) is 5.82 Å². The second-order valence-electron chi connectivity index (χ2n) is 15.1. The number of likely N-dealkylation sites (N-methyl/N-ethyl adjacent to an activating group) is 1. The zero-order valence-corrected chi connectivity index (χ0v) is 34.3. The summed E-state index contributed by atoms with van der Waals surface area (Å²) in [5, 5.41) is 20.8. The van der Waals surface area contributed by atoms with Gasteiger partial charge in [-0.05, 0) is 59.2 Å². The minimum absolute atomic E-state index is 0.00744. The predicted octanol–water partition coefficient (Wildman–Crippen LogP) is 4.56. The lowest BCUT2D eigenvalue weighted by molar-refractivity contribution is -0.136. The largest absolute Gasteiger partial charge is 0.508 e. The molecule has 16 nitrogen and oxygen atoms in total. The molecule has 318 valence electrons. The quantitative estimate of drug-likeness (QED) is 0.101. The number of carbonyl (C=O) groups excluding carboxylic acids is 6. The SMILES string of the molecule is C=CC(=O)N1CCN(c2nc(NCCC(=O)N(C)CCNc3cccc4c3C(=O)N(C3CCC(=O)NC3=O)C4=O)nc3c(F)c(-c4cc(O)cc5ccccc45)c(Cl)cc23)CC1. The van der Waals surface area contributed by atoms with Crippen LogP contribution >= 0.6 is 11.6 Å². The maximum atomic E-state index is 17.0. The molecule has 0 saturated carbocycles. The van der Waals surface area contributed by atoms with Crippen molar-refractivity contribution in [3.05, 3.63) is 95.3 Å². The summed E-state index contributed by atoms with van der Waals surface area (Å²) in [6.07, 6.45) is 1.31. The van der Waals surface area contributed by atoms with Crippen molar-refractivity contribution in [3.8, 4) is 16.9 Å². The molecule has 62 heavy (non-hydrogen) atoms. The van der Waals surface area contributed by atoms with Gasteiger partial charge in [-0.25, -0.2) is 9.37 Å². The van der Waals surface area contributed by atoms with E-state index in [-0.39, 0.29) is 89.6 Å². The molecule has 4 aromatic carbocycles. The number of aromatic nitrogens is 2. The number of benzene rings is 4. The number of aromatic hydroxyl groups is 1. The molecule has 0 radical (unpaired) electrons. The van der Waals surface area contributed by atoms with E-state index >= 15 is 4.39 Å². The lowest BCUT2D eigenvalue weighted by Gasteiger charge is -2.35. The number of hydrogen-bond acceptors (Lipinski definition) is 12. The second kappa shape index (κ2) is 17.1. The van der Waals surface area contributed by atoms with Gasteiger partial charge in [0.2, 0.25) is 29.6 Å². The Morgan fingerprint density at radius 3 is 2.48 bits per heavy atom. The maximum Gasteiger partial charge on any atom is 0.264 e. The Morgan fingerprint density at radius 2 is 1.73 bits per heavy atom. The first-order valence-electron chi connectivity index (χ1n) is 20.0. The Labute approximate surface area is 359 Å². The number of rotatable bonds is 12. The molecule has 1 aromatic heterocycles. The summed E-state index contributed by atoms with van der Waals surface area (Å²) in [5.41, 5.74) is 1.02. The molecule has 0 spiro atoms. The Hall–Kier alpha value is -7.14.